The minimum absolute atomic E-state index is 0.721. The van der Waals surface area contributed by atoms with Gasteiger partial charge in [-0.3, -0.25) is 4.90 Å². The first-order valence-corrected chi connectivity index (χ1v) is 7.06. The molecule has 19 heavy (non-hydrogen) atoms. The van der Waals surface area contributed by atoms with Gasteiger partial charge in [0.15, 0.2) is 0 Å². The summed E-state index contributed by atoms with van der Waals surface area (Å²) < 4.78 is 5.37. The Hall–Kier alpha value is -1.33. The quantitative estimate of drug-likeness (QED) is 0.783. The topological polar surface area (TPSA) is 54.6 Å². The third kappa shape index (κ3) is 4.36. The molecular formula is C14H24N4O. The lowest BCUT2D eigenvalue weighted by Crippen LogP contribution is -2.47. The third-order valence-corrected chi connectivity index (χ3v) is 3.43. The van der Waals surface area contributed by atoms with Gasteiger partial charge in [-0.2, -0.15) is 0 Å². The van der Waals surface area contributed by atoms with E-state index in [4.69, 9.17) is 10.5 Å². The fourth-order valence-electron chi connectivity index (χ4n) is 2.32. The molecule has 1 aromatic heterocycles. The number of nitrogen functional groups attached to an aromatic ring is 1. The standard InChI is InChI=1S/C14H24N4O/c1-2-19-11-3-6-17-7-9-18(10-8-17)14-5-4-13(15)12-16-14/h4-5,12H,2-3,6-11,15H2,1H3. The molecule has 2 heterocycles. The van der Waals surface area contributed by atoms with Crippen LogP contribution in [0.2, 0.25) is 0 Å². The number of nitrogens with zero attached hydrogens (tertiary/aromatic N) is 3. The molecule has 0 unspecified atom stereocenters. The van der Waals surface area contributed by atoms with Gasteiger partial charge in [-0.1, -0.05) is 0 Å². The van der Waals surface area contributed by atoms with Crippen molar-refractivity contribution in [1.29, 1.82) is 0 Å². The second-order valence-corrected chi connectivity index (χ2v) is 4.83. The summed E-state index contributed by atoms with van der Waals surface area (Å²) in [6.45, 7) is 9.11. The Balaban J connectivity index is 1.71. The van der Waals surface area contributed by atoms with E-state index in [1.807, 2.05) is 19.1 Å². The van der Waals surface area contributed by atoms with Crippen LogP contribution in [0.25, 0.3) is 0 Å². The Bertz CT molecular complexity index is 360. The second kappa shape index (κ2) is 7.31. The minimum atomic E-state index is 0.721. The average Bonchev–Trinajstić information content (AvgIpc) is 2.45. The summed E-state index contributed by atoms with van der Waals surface area (Å²) in [6, 6.07) is 3.91. The molecule has 1 aromatic rings. The smallest absolute Gasteiger partial charge is 0.128 e. The summed E-state index contributed by atoms with van der Waals surface area (Å²) >= 11 is 0. The van der Waals surface area contributed by atoms with E-state index in [0.29, 0.717) is 0 Å². The van der Waals surface area contributed by atoms with Crippen molar-refractivity contribution in [1.82, 2.24) is 9.88 Å². The molecular weight excluding hydrogens is 240 g/mol. The van der Waals surface area contributed by atoms with Crippen LogP contribution < -0.4 is 10.6 Å². The van der Waals surface area contributed by atoms with Gasteiger partial charge in [0.05, 0.1) is 11.9 Å². The van der Waals surface area contributed by atoms with Gasteiger partial charge >= 0.3 is 0 Å². The number of nitrogens with two attached hydrogens (primary N) is 1. The fourth-order valence-corrected chi connectivity index (χ4v) is 2.32. The number of ether oxygens (including phenoxy) is 1. The van der Waals surface area contributed by atoms with E-state index in [9.17, 15) is 0 Å². The van der Waals surface area contributed by atoms with E-state index in [1.54, 1.807) is 6.20 Å². The van der Waals surface area contributed by atoms with Gasteiger partial charge in [0.1, 0.15) is 5.82 Å². The molecule has 0 bridgehead atoms. The summed E-state index contributed by atoms with van der Waals surface area (Å²) in [5, 5.41) is 0. The number of anilines is 2. The Morgan fingerprint density at radius 1 is 1.26 bits per heavy atom. The number of hydrogen-bond acceptors (Lipinski definition) is 5. The third-order valence-electron chi connectivity index (χ3n) is 3.43. The van der Waals surface area contributed by atoms with Gasteiger partial charge in [0.2, 0.25) is 0 Å². The number of rotatable bonds is 6. The van der Waals surface area contributed by atoms with Crippen LogP contribution in [0.3, 0.4) is 0 Å². The number of pyridine rings is 1. The molecule has 0 aliphatic carbocycles. The summed E-state index contributed by atoms with van der Waals surface area (Å²) in [5.41, 5.74) is 6.38. The summed E-state index contributed by atoms with van der Waals surface area (Å²) in [5.74, 6) is 1.03. The van der Waals surface area contributed by atoms with Crippen LogP contribution in [0.5, 0.6) is 0 Å². The summed E-state index contributed by atoms with van der Waals surface area (Å²) in [7, 11) is 0. The van der Waals surface area contributed by atoms with Crippen molar-refractivity contribution in [3.63, 3.8) is 0 Å². The Kier molecular flexibility index (Phi) is 5.42. The van der Waals surface area contributed by atoms with Crippen LogP contribution in [0.4, 0.5) is 11.5 Å². The van der Waals surface area contributed by atoms with Crippen LogP contribution in [0.15, 0.2) is 18.3 Å². The first kappa shape index (κ1) is 14.1. The van der Waals surface area contributed by atoms with Crippen LogP contribution >= 0.6 is 0 Å². The van der Waals surface area contributed by atoms with Crippen LogP contribution in [0, 0.1) is 0 Å². The molecule has 0 amide bonds. The van der Waals surface area contributed by atoms with Crippen molar-refractivity contribution < 1.29 is 4.74 Å². The zero-order chi connectivity index (χ0) is 13.5. The number of aromatic nitrogens is 1. The maximum Gasteiger partial charge on any atom is 0.128 e. The highest BCUT2D eigenvalue weighted by atomic mass is 16.5. The highest BCUT2D eigenvalue weighted by Crippen LogP contribution is 2.14. The molecule has 0 aromatic carbocycles. The molecule has 5 nitrogen and oxygen atoms in total. The Labute approximate surface area is 115 Å². The molecule has 0 radical (unpaired) electrons. The van der Waals surface area contributed by atoms with Gasteiger partial charge in [-0.15, -0.1) is 0 Å². The maximum absolute atomic E-state index is 5.66. The van der Waals surface area contributed by atoms with Crippen LogP contribution in [-0.2, 0) is 4.74 Å². The van der Waals surface area contributed by atoms with Gasteiger partial charge in [-0.05, 0) is 25.5 Å². The van der Waals surface area contributed by atoms with E-state index in [2.05, 4.69) is 14.8 Å². The van der Waals surface area contributed by atoms with Crippen molar-refractivity contribution in [3.8, 4) is 0 Å². The zero-order valence-corrected chi connectivity index (χ0v) is 11.7. The highest BCUT2D eigenvalue weighted by molar-refractivity contribution is 5.46. The van der Waals surface area contributed by atoms with Gasteiger partial charge in [0.25, 0.3) is 0 Å². The number of hydrogen-bond donors (Lipinski definition) is 1. The first-order valence-electron chi connectivity index (χ1n) is 7.06. The van der Waals surface area contributed by atoms with Crippen molar-refractivity contribution in [2.24, 2.45) is 0 Å². The molecule has 5 heteroatoms. The molecule has 0 spiro atoms. The van der Waals surface area contributed by atoms with E-state index >= 15 is 0 Å². The van der Waals surface area contributed by atoms with E-state index in [0.717, 1.165) is 63.9 Å². The largest absolute Gasteiger partial charge is 0.397 e. The maximum atomic E-state index is 5.66. The monoisotopic (exact) mass is 264 g/mol. The van der Waals surface area contributed by atoms with Crippen molar-refractivity contribution >= 4 is 11.5 Å². The number of piperazine rings is 1. The summed E-state index contributed by atoms with van der Waals surface area (Å²) in [4.78, 5) is 9.19. The van der Waals surface area contributed by atoms with Gasteiger partial charge < -0.3 is 15.4 Å². The van der Waals surface area contributed by atoms with Crippen molar-refractivity contribution in [3.05, 3.63) is 18.3 Å². The fraction of sp³-hybridized carbons (Fsp3) is 0.643. The minimum Gasteiger partial charge on any atom is -0.397 e. The lowest BCUT2D eigenvalue weighted by atomic mass is 10.3. The average molecular weight is 264 g/mol. The molecule has 106 valence electrons. The predicted molar refractivity (Wildman–Crippen MR) is 78.4 cm³/mol. The van der Waals surface area contributed by atoms with E-state index in [1.165, 1.54) is 0 Å². The van der Waals surface area contributed by atoms with Crippen molar-refractivity contribution in [2.75, 3.05) is 56.6 Å². The predicted octanol–water partition coefficient (Wildman–Crippen LogP) is 1.21. The lowest BCUT2D eigenvalue weighted by molar-refractivity contribution is 0.130. The van der Waals surface area contributed by atoms with Gasteiger partial charge in [-0.25, -0.2) is 4.98 Å². The second-order valence-electron chi connectivity index (χ2n) is 4.83. The summed E-state index contributed by atoms with van der Waals surface area (Å²) in [6.07, 6.45) is 2.84. The molecule has 1 saturated heterocycles. The Morgan fingerprint density at radius 2 is 2.05 bits per heavy atom. The molecule has 2 rings (SSSR count). The molecule has 1 aliphatic rings. The zero-order valence-electron chi connectivity index (χ0n) is 11.7. The van der Waals surface area contributed by atoms with E-state index in [-0.39, 0.29) is 0 Å². The molecule has 1 aliphatic heterocycles. The SMILES string of the molecule is CCOCCCN1CCN(c2ccc(N)cn2)CC1. The lowest BCUT2D eigenvalue weighted by Gasteiger charge is -2.35. The first-order chi connectivity index (χ1) is 9.29. The molecule has 1 fully saturated rings. The normalized spacial score (nSPS) is 16.8. The highest BCUT2D eigenvalue weighted by Gasteiger charge is 2.17. The van der Waals surface area contributed by atoms with Crippen molar-refractivity contribution in [2.45, 2.75) is 13.3 Å². The molecule has 0 saturated carbocycles. The van der Waals surface area contributed by atoms with Gasteiger partial charge in [0, 0.05) is 45.9 Å². The molecule has 2 N–H and O–H groups in total. The molecule has 0 atom stereocenters. The van der Waals surface area contributed by atoms with Crippen LogP contribution in [0.1, 0.15) is 13.3 Å². The Morgan fingerprint density at radius 3 is 2.68 bits per heavy atom. The van der Waals surface area contributed by atoms with Crippen LogP contribution in [-0.4, -0.2) is 55.8 Å². The van der Waals surface area contributed by atoms with E-state index < -0.39 is 0 Å².